The van der Waals surface area contributed by atoms with Crippen LogP contribution in [0.25, 0.3) is 5.52 Å². The first-order valence-electron chi connectivity index (χ1n) is 10.5. The van der Waals surface area contributed by atoms with E-state index in [1.165, 1.54) is 6.33 Å². The molecule has 0 radical (unpaired) electrons. The van der Waals surface area contributed by atoms with Gasteiger partial charge in [0.2, 0.25) is 15.9 Å². The number of sulfonamides is 1. The highest BCUT2D eigenvalue weighted by Crippen LogP contribution is 2.27. The smallest absolute Gasteiger partial charge is 0.239 e. The largest absolute Gasteiger partial charge is 0.497 e. The van der Waals surface area contributed by atoms with Gasteiger partial charge in [-0.2, -0.15) is 5.10 Å². The summed E-state index contributed by atoms with van der Waals surface area (Å²) in [6, 6.07) is 9.10. The van der Waals surface area contributed by atoms with E-state index < -0.39 is 27.9 Å². The van der Waals surface area contributed by atoms with E-state index in [1.807, 2.05) is 36.5 Å². The number of nitrogens with two attached hydrogens (primary N) is 1. The summed E-state index contributed by atoms with van der Waals surface area (Å²) in [7, 11) is -2.03. The summed E-state index contributed by atoms with van der Waals surface area (Å²) in [6.45, 7) is 1.58. The maximum absolute atomic E-state index is 12.5. The topological polar surface area (TPSA) is 144 Å². The minimum atomic E-state index is -3.64. The van der Waals surface area contributed by atoms with Crippen molar-refractivity contribution in [1.82, 2.24) is 24.2 Å². The molecule has 1 saturated heterocycles. The number of carbonyl (C=O) groups excluding carboxylic acids is 1. The molecule has 0 bridgehead atoms. The zero-order valence-corrected chi connectivity index (χ0v) is 19.2. The Kier molecular flexibility index (Phi) is 6.49. The first-order chi connectivity index (χ1) is 15.7. The molecule has 0 aliphatic carbocycles. The van der Waals surface area contributed by atoms with Gasteiger partial charge < -0.3 is 15.8 Å². The van der Waals surface area contributed by atoms with E-state index in [-0.39, 0.29) is 0 Å². The molecule has 1 amide bonds. The number of hydrogen-bond donors (Lipinski definition) is 3. The summed E-state index contributed by atoms with van der Waals surface area (Å²) in [4.78, 5) is 19.0. The molecule has 1 fully saturated rings. The van der Waals surface area contributed by atoms with Crippen LogP contribution in [-0.4, -0.2) is 66.3 Å². The summed E-state index contributed by atoms with van der Waals surface area (Å²) in [5.74, 6) is 0.176. The Morgan fingerprint density at radius 1 is 1.33 bits per heavy atom. The lowest BCUT2D eigenvalue weighted by Crippen LogP contribution is -2.53. The number of fused-ring (bicyclic) bond motifs is 1. The molecule has 1 aliphatic rings. The second kappa shape index (κ2) is 9.33. The quantitative estimate of drug-likeness (QED) is 0.452. The molecular formula is C21H27N7O4S. The standard InChI is InChI=1S/C21H27N7O4S/c1-32-16-5-3-4-15(10-16)25-20-19-14(6-9-28(19)24-13-23-20)11-27-8-7-18(22)17(12-27)21(29)26-33(2,30)31/h3-6,9-10,13,17-18H,7-8,11-12,22H2,1-2H3,(H,26,29)(H,23,24,25)/t17-,18-/m1/s1. The molecule has 0 spiro atoms. The number of benzene rings is 1. The van der Waals surface area contributed by atoms with Gasteiger partial charge in [-0.3, -0.25) is 14.4 Å². The highest BCUT2D eigenvalue weighted by atomic mass is 32.2. The fourth-order valence-electron chi connectivity index (χ4n) is 4.03. The minimum Gasteiger partial charge on any atom is -0.497 e. The third kappa shape index (κ3) is 5.41. The number of rotatable bonds is 7. The highest BCUT2D eigenvalue weighted by Gasteiger charge is 2.33. The van der Waals surface area contributed by atoms with Crippen molar-refractivity contribution in [2.75, 3.05) is 31.8 Å². The normalized spacial score (nSPS) is 19.4. The number of piperidine rings is 1. The molecule has 176 valence electrons. The molecule has 2 atom stereocenters. The fraction of sp³-hybridized carbons (Fsp3) is 0.381. The van der Waals surface area contributed by atoms with Gasteiger partial charge in [0.15, 0.2) is 5.82 Å². The highest BCUT2D eigenvalue weighted by molar-refractivity contribution is 7.89. The van der Waals surface area contributed by atoms with Crippen LogP contribution in [0.4, 0.5) is 11.5 Å². The van der Waals surface area contributed by atoms with Crippen molar-refractivity contribution in [2.24, 2.45) is 11.7 Å². The number of nitrogens with zero attached hydrogens (tertiary/aromatic N) is 4. The van der Waals surface area contributed by atoms with Crippen molar-refractivity contribution in [3.05, 3.63) is 48.4 Å². The van der Waals surface area contributed by atoms with Crippen LogP contribution in [0.15, 0.2) is 42.9 Å². The third-order valence-electron chi connectivity index (χ3n) is 5.64. The van der Waals surface area contributed by atoms with Gasteiger partial charge in [-0.05, 0) is 30.2 Å². The van der Waals surface area contributed by atoms with Crippen molar-refractivity contribution < 1.29 is 17.9 Å². The third-order valence-corrected chi connectivity index (χ3v) is 6.21. The van der Waals surface area contributed by atoms with Crippen LogP contribution >= 0.6 is 0 Å². The molecule has 0 saturated carbocycles. The molecule has 1 aromatic carbocycles. The van der Waals surface area contributed by atoms with Gasteiger partial charge in [0.05, 0.1) is 19.3 Å². The van der Waals surface area contributed by atoms with Crippen molar-refractivity contribution in [1.29, 1.82) is 0 Å². The van der Waals surface area contributed by atoms with Gasteiger partial charge in [-0.1, -0.05) is 6.07 Å². The predicted molar refractivity (Wildman–Crippen MR) is 124 cm³/mol. The second-order valence-corrected chi connectivity index (χ2v) is 9.88. The average molecular weight is 474 g/mol. The fourth-order valence-corrected chi connectivity index (χ4v) is 4.55. The van der Waals surface area contributed by atoms with E-state index >= 15 is 0 Å². The Morgan fingerprint density at radius 3 is 2.91 bits per heavy atom. The van der Waals surface area contributed by atoms with Gasteiger partial charge in [0.25, 0.3) is 0 Å². The number of amides is 1. The summed E-state index contributed by atoms with van der Waals surface area (Å²) < 4.78 is 32.1. The van der Waals surface area contributed by atoms with Crippen LogP contribution in [0.1, 0.15) is 12.0 Å². The first-order valence-corrected chi connectivity index (χ1v) is 12.3. The molecule has 3 heterocycles. The molecule has 4 rings (SSSR count). The van der Waals surface area contributed by atoms with Crippen LogP contribution in [-0.2, 0) is 21.4 Å². The Morgan fingerprint density at radius 2 is 2.15 bits per heavy atom. The van der Waals surface area contributed by atoms with Crippen LogP contribution < -0.4 is 20.5 Å². The number of carbonyl (C=O) groups is 1. The Labute approximate surface area is 192 Å². The Balaban J connectivity index is 1.56. The summed E-state index contributed by atoms with van der Waals surface area (Å²) >= 11 is 0. The number of likely N-dealkylation sites (tertiary alicyclic amines) is 1. The maximum Gasteiger partial charge on any atom is 0.239 e. The summed E-state index contributed by atoms with van der Waals surface area (Å²) in [6.07, 6.45) is 4.87. The average Bonchev–Trinajstić information content (AvgIpc) is 3.18. The van der Waals surface area contributed by atoms with E-state index in [9.17, 15) is 13.2 Å². The second-order valence-electron chi connectivity index (χ2n) is 8.13. The molecule has 4 N–H and O–H groups in total. The van der Waals surface area contributed by atoms with Crippen molar-refractivity contribution in [3.63, 3.8) is 0 Å². The Bertz CT molecular complexity index is 1260. The summed E-state index contributed by atoms with van der Waals surface area (Å²) in [5.41, 5.74) is 8.74. The van der Waals surface area contributed by atoms with E-state index in [4.69, 9.17) is 10.5 Å². The van der Waals surface area contributed by atoms with Gasteiger partial charge in [0, 0.05) is 43.6 Å². The van der Waals surface area contributed by atoms with Crippen molar-refractivity contribution in [3.8, 4) is 5.75 Å². The van der Waals surface area contributed by atoms with Crippen LogP contribution in [0, 0.1) is 5.92 Å². The predicted octanol–water partition coefficient (Wildman–Crippen LogP) is 0.707. The van der Waals surface area contributed by atoms with E-state index in [2.05, 4.69) is 25.0 Å². The summed E-state index contributed by atoms with van der Waals surface area (Å²) in [5, 5.41) is 7.62. The molecule has 3 aromatic rings. The number of aromatic nitrogens is 3. The molecule has 11 nitrogen and oxygen atoms in total. The zero-order chi connectivity index (χ0) is 23.6. The number of hydrogen-bond acceptors (Lipinski definition) is 9. The lowest BCUT2D eigenvalue weighted by atomic mass is 9.92. The lowest BCUT2D eigenvalue weighted by molar-refractivity contribution is -0.125. The van der Waals surface area contributed by atoms with Crippen molar-refractivity contribution in [2.45, 2.75) is 19.0 Å². The first kappa shape index (κ1) is 23.0. The molecule has 1 aliphatic heterocycles. The molecule has 12 heteroatoms. The van der Waals surface area contributed by atoms with Crippen LogP contribution in [0.5, 0.6) is 5.75 Å². The van der Waals surface area contributed by atoms with Gasteiger partial charge in [0.1, 0.15) is 17.6 Å². The monoisotopic (exact) mass is 473 g/mol. The molecule has 0 unspecified atom stereocenters. The number of nitrogens with one attached hydrogen (secondary N) is 2. The number of methoxy groups -OCH3 is 1. The van der Waals surface area contributed by atoms with E-state index in [1.54, 1.807) is 11.6 Å². The number of anilines is 2. The lowest BCUT2D eigenvalue weighted by Gasteiger charge is -2.35. The van der Waals surface area contributed by atoms with E-state index in [0.717, 1.165) is 28.8 Å². The SMILES string of the molecule is COc1cccc(Nc2ncnn3ccc(CN4CC[C@@H](N)[C@H](C(=O)NS(C)(=O)=O)C4)c23)c1. The Hall–Kier alpha value is -3.22. The minimum absolute atomic E-state index is 0.353. The van der Waals surface area contributed by atoms with Crippen LogP contribution in [0.3, 0.4) is 0 Å². The molecule has 2 aromatic heterocycles. The van der Waals surface area contributed by atoms with Gasteiger partial charge >= 0.3 is 0 Å². The van der Waals surface area contributed by atoms with Gasteiger partial charge in [-0.25, -0.2) is 17.9 Å². The maximum atomic E-state index is 12.5. The van der Waals surface area contributed by atoms with Crippen molar-refractivity contribution >= 4 is 33.0 Å². The van der Waals surface area contributed by atoms with Crippen LogP contribution in [0.2, 0.25) is 0 Å². The van der Waals surface area contributed by atoms with Gasteiger partial charge in [-0.15, -0.1) is 0 Å². The molecular weight excluding hydrogens is 446 g/mol. The zero-order valence-electron chi connectivity index (χ0n) is 18.4. The molecule has 33 heavy (non-hydrogen) atoms. The number of ether oxygens (including phenoxy) is 1. The van der Waals surface area contributed by atoms with E-state index in [0.29, 0.717) is 31.9 Å².